The first-order valence-corrected chi connectivity index (χ1v) is 7.03. The van der Waals surface area contributed by atoms with E-state index in [9.17, 15) is 0 Å². The van der Waals surface area contributed by atoms with Crippen LogP contribution in [-0.4, -0.2) is 15.0 Å². The molecule has 0 amide bonds. The zero-order chi connectivity index (χ0) is 9.52. The fourth-order valence-electron chi connectivity index (χ4n) is 1.20. The predicted molar refractivity (Wildman–Crippen MR) is 60.7 cm³/mol. The summed E-state index contributed by atoms with van der Waals surface area (Å²) in [6, 6.07) is 10.9. The van der Waals surface area contributed by atoms with Gasteiger partial charge in [0.05, 0.1) is 0 Å². The Morgan fingerprint density at radius 2 is 1.85 bits per heavy atom. The van der Waals surface area contributed by atoms with Gasteiger partial charge in [-0.1, -0.05) is 0 Å². The second-order valence-electron chi connectivity index (χ2n) is 3.70. The van der Waals surface area contributed by atoms with Gasteiger partial charge in [-0.3, -0.25) is 0 Å². The minimum atomic E-state index is 0.705. The Morgan fingerprint density at radius 1 is 1.15 bits per heavy atom. The van der Waals surface area contributed by atoms with Crippen LogP contribution in [0.25, 0.3) is 0 Å². The summed E-state index contributed by atoms with van der Waals surface area (Å²) in [5.41, 5.74) is 0. The molecule has 0 aliphatic rings. The van der Waals surface area contributed by atoms with Crippen LogP contribution < -0.4 is 4.46 Å². The Bertz CT molecular complexity index is 216. The van der Waals surface area contributed by atoms with Gasteiger partial charge in [0, 0.05) is 0 Å². The Morgan fingerprint density at radius 3 is 2.46 bits per heavy atom. The summed E-state index contributed by atoms with van der Waals surface area (Å²) in [6.07, 6.45) is 2.78. The van der Waals surface area contributed by atoms with Gasteiger partial charge < -0.3 is 0 Å². The maximum atomic E-state index is 2.30. The summed E-state index contributed by atoms with van der Waals surface area (Å²) < 4.78 is 1.54. The average molecular weight is 241 g/mol. The van der Waals surface area contributed by atoms with Crippen molar-refractivity contribution in [2.75, 3.05) is 0 Å². The molecule has 0 saturated carbocycles. The van der Waals surface area contributed by atoms with E-state index in [2.05, 4.69) is 44.2 Å². The molecule has 0 radical (unpaired) electrons. The maximum absolute atomic E-state index is 2.30. The van der Waals surface area contributed by atoms with Crippen molar-refractivity contribution in [1.82, 2.24) is 0 Å². The molecule has 0 aliphatic heterocycles. The van der Waals surface area contributed by atoms with E-state index in [1.165, 1.54) is 18.2 Å². The van der Waals surface area contributed by atoms with Crippen LogP contribution in [0.2, 0.25) is 5.32 Å². The molecule has 0 unspecified atom stereocenters. The number of hydrogen-bond acceptors (Lipinski definition) is 0. The van der Waals surface area contributed by atoms with Gasteiger partial charge in [-0.15, -0.1) is 0 Å². The summed E-state index contributed by atoms with van der Waals surface area (Å²) in [7, 11) is 0. The average Bonchev–Trinajstić information content (AvgIpc) is 2.14. The van der Waals surface area contributed by atoms with Crippen molar-refractivity contribution in [3.63, 3.8) is 0 Å². The van der Waals surface area contributed by atoms with E-state index in [0.717, 1.165) is 5.92 Å². The molecule has 72 valence electrons. The van der Waals surface area contributed by atoms with E-state index in [0.29, 0.717) is 15.0 Å². The van der Waals surface area contributed by atoms with Crippen LogP contribution in [0, 0.1) is 5.92 Å². The molecule has 1 aromatic carbocycles. The van der Waals surface area contributed by atoms with Crippen molar-refractivity contribution < 1.29 is 0 Å². The predicted octanol–water partition coefficient (Wildman–Crippen LogP) is 2.87. The molecule has 0 aliphatic carbocycles. The summed E-state index contributed by atoms with van der Waals surface area (Å²) in [5, 5.41) is 1.40. The Labute approximate surface area is 87.9 Å². The molecule has 0 heterocycles. The van der Waals surface area contributed by atoms with E-state index in [-0.39, 0.29) is 0 Å². The Kier molecular flexibility index (Phi) is 5.19. The fourth-order valence-corrected chi connectivity index (χ4v) is 3.08. The van der Waals surface area contributed by atoms with E-state index in [1.54, 1.807) is 4.46 Å². The molecule has 0 aromatic heterocycles. The molecule has 0 fully saturated rings. The third-order valence-electron chi connectivity index (χ3n) is 1.94. The quantitative estimate of drug-likeness (QED) is 0.549. The van der Waals surface area contributed by atoms with Gasteiger partial charge in [0.2, 0.25) is 0 Å². The molecular formula is C12H18Se. The molecule has 1 heteroatoms. The van der Waals surface area contributed by atoms with E-state index < -0.39 is 0 Å². The molecule has 0 spiro atoms. The van der Waals surface area contributed by atoms with Gasteiger partial charge in [0.1, 0.15) is 0 Å². The molecular weight excluding hydrogens is 223 g/mol. The normalized spacial score (nSPS) is 10.7. The molecule has 1 rings (SSSR count). The molecule has 0 saturated heterocycles. The van der Waals surface area contributed by atoms with E-state index in [1.807, 2.05) is 0 Å². The first-order chi connectivity index (χ1) is 6.29. The standard InChI is InChI=1S/C12H18Se/c1-11(2)7-6-10-13-12-8-4-3-5-9-12/h3-5,8-9,11H,6-7,10H2,1-2H3. The van der Waals surface area contributed by atoms with Crippen molar-refractivity contribution in [1.29, 1.82) is 0 Å². The Balaban J connectivity index is 2.13. The zero-order valence-electron chi connectivity index (χ0n) is 8.49. The summed E-state index contributed by atoms with van der Waals surface area (Å²) in [5.74, 6) is 0.867. The summed E-state index contributed by atoms with van der Waals surface area (Å²) in [4.78, 5) is 0. The van der Waals surface area contributed by atoms with Crippen LogP contribution in [0.5, 0.6) is 0 Å². The van der Waals surface area contributed by atoms with Crippen LogP contribution >= 0.6 is 0 Å². The molecule has 0 atom stereocenters. The van der Waals surface area contributed by atoms with Crippen molar-refractivity contribution >= 4 is 19.4 Å². The van der Waals surface area contributed by atoms with Gasteiger partial charge in [-0.05, 0) is 0 Å². The molecule has 0 nitrogen and oxygen atoms in total. The minimum absolute atomic E-state index is 0.705. The summed E-state index contributed by atoms with van der Waals surface area (Å²) in [6.45, 7) is 4.60. The van der Waals surface area contributed by atoms with Crippen LogP contribution in [0.4, 0.5) is 0 Å². The van der Waals surface area contributed by atoms with Gasteiger partial charge >= 0.3 is 87.7 Å². The first kappa shape index (κ1) is 10.8. The Hall–Kier alpha value is -0.261. The number of benzene rings is 1. The van der Waals surface area contributed by atoms with Crippen molar-refractivity contribution in [2.24, 2.45) is 5.92 Å². The SMILES string of the molecule is CC(C)CCC[Se]c1ccccc1. The third kappa shape index (κ3) is 5.13. The molecule has 0 N–H and O–H groups in total. The van der Waals surface area contributed by atoms with Crippen LogP contribution in [0.1, 0.15) is 26.7 Å². The molecule has 0 bridgehead atoms. The second-order valence-corrected chi connectivity index (χ2v) is 6.15. The van der Waals surface area contributed by atoms with Crippen molar-refractivity contribution in [3.8, 4) is 0 Å². The van der Waals surface area contributed by atoms with Crippen LogP contribution in [0.3, 0.4) is 0 Å². The summed E-state index contributed by atoms with van der Waals surface area (Å²) >= 11 is 0.705. The monoisotopic (exact) mass is 242 g/mol. The molecule has 13 heavy (non-hydrogen) atoms. The third-order valence-corrected chi connectivity index (χ3v) is 4.24. The van der Waals surface area contributed by atoms with Crippen LogP contribution in [-0.2, 0) is 0 Å². The topological polar surface area (TPSA) is 0 Å². The van der Waals surface area contributed by atoms with Gasteiger partial charge in [-0.25, -0.2) is 0 Å². The molecule has 1 aromatic rings. The fraction of sp³-hybridized carbons (Fsp3) is 0.500. The first-order valence-electron chi connectivity index (χ1n) is 4.97. The zero-order valence-corrected chi connectivity index (χ0v) is 10.2. The van der Waals surface area contributed by atoms with Crippen LogP contribution in [0.15, 0.2) is 30.3 Å². The van der Waals surface area contributed by atoms with Crippen molar-refractivity contribution in [3.05, 3.63) is 30.3 Å². The van der Waals surface area contributed by atoms with E-state index >= 15 is 0 Å². The van der Waals surface area contributed by atoms with E-state index in [4.69, 9.17) is 0 Å². The number of rotatable bonds is 5. The van der Waals surface area contributed by atoms with Crippen molar-refractivity contribution in [2.45, 2.75) is 32.0 Å². The second kappa shape index (κ2) is 6.23. The number of hydrogen-bond donors (Lipinski definition) is 0. The van der Waals surface area contributed by atoms with Gasteiger partial charge in [-0.2, -0.15) is 0 Å². The van der Waals surface area contributed by atoms with Gasteiger partial charge in [0.25, 0.3) is 0 Å². The van der Waals surface area contributed by atoms with Gasteiger partial charge in [0.15, 0.2) is 0 Å².